The molecule has 2 saturated heterocycles. The van der Waals surface area contributed by atoms with E-state index in [4.69, 9.17) is 85.3 Å². The third-order valence-corrected chi connectivity index (χ3v) is 23.0. The van der Waals surface area contributed by atoms with Crippen molar-refractivity contribution in [2.24, 2.45) is 0 Å². The first-order valence-electron chi connectivity index (χ1n) is 39.8. The highest BCUT2D eigenvalue weighted by molar-refractivity contribution is 7.10. The zero-order valence-electron chi connectivity index (χ0n) is 70.5. The molecule has 6 aliphatic heterocycles. The lowest BCUT2D eigenvalue weighted by Gasteiger charge is -2.43. The van der Waals surface area contributed by atoms with Crippen molar-refractivity contribution in [1.82, 2.24) is 14.7 Å². The van der Waals surface area contributed by atoms with Crippen LogP contribution in [0.5, 0.6) is 34.5 Å². The molecule has 0 saturated carbocycles. The molecule has 39 heteroatoms. The number of thiophene rings is 2. The van der Waals surface area contributed by atoms with Gasteiger partial charge in [0, 0.05) is 110 Å². The van der Waals surface area contributed by atoms with E-state index in [0.29, 0.717) is 28.8 Å². The van der Waals surface area contributed by atoms with Crippen LogP contribution in [0.25, 0.3) is 0 Å². The number of carbonyl (C=O) groups is 12. The van der Waals surface area contributed by atoms with Crippen molar-refractivity contribution in [2.75, 3.05) is 51.3 Å². The summed E-state index contributed by atoms with van der Waals surface area (Å²) in [5.74, 6) is -7.00. The van der Waals surface area contributed by atoms with Crippen LogP contribution in [-0.2, 0) is 154 Å². The van der Waals surface area contributed by atoms with Crippen LogP contribution in [0.2, 0.25) is 0 Å². The molecule has 0 bridgehead atoms. The Labute approximate surface area is 729 Å². The van der Waals surface area contributed by atoms with Gasteiger partial charge in [0.2, 0.25) is 24.8 Å². The van der Waals surface area contributed by atoms with Crippen LogP contribution in [0.3, 0.4) is 0 Å². The van der Waals surface area contributed by atoms with Crippen molar-refractivity contribution in [2.45, 2.75) is 200 Å². The highest BCUT2D eigenvalue weighted by Gasteiger charge is 2.56. The fourth-order valence-electron chi connectivity index (χ4n) is 15.7. The van der Waals surface area contributed by atoms with Gasteiger partial charge in [-0.1, -0.05) is 36.4 Å². The Kier molecular flexibility index (Phi) is 28.7. The fourth-order valence-corrected chi connectivity index (χ4v) is 17.6. The molecular weight excluding hydrogens is 1690 g/mol. The molecule has 0 spiro atoms. The summed E-state index contributed by atoms with van der Waals surface area (Å²) in [6.07, 6.45) is -19.8. The van der Waals surface area contributed by atoms with Gasteiger partial charge >= 0.3 is 59.9 Å². The minimum Gasteiger partial charge on any atom is -0.493 e. The van der Waals surface area contributed by atoms with Crippen molar-refractivity contribution in [3.8, 4) is 34.5 Å². The zero-order valence-corrected chi connectivity index (χ0v) is 72.2. The zero-order chi connectivity index (χ0) is 90.2. The maximum Gasteiger partial charge on any atom is 0.416 e. The summed E-state index contributed by atoms with van der Waals surface area (Å²) < 4.78 is 105. The molecule has 2 unspecified atom stereocenters. The first kappa shape index (κ1) is 91.0. The number of amides is 4. The van der Waals surface area contributed by atoms with Crippen molar-refractivity contribution in [3.63, 3.8) is 0 Å². The number of rotatable bonds is 28. The monoisotopic (exact) mass is 1780 g/mol. The summed E-state index contributed by atoms with van der Waals surface area (Å²) in [6.45, 7) is 7.33. The average molecular weight is 1780 g/mol. The van der Waals surface area contributed by atoms with Crippen molar-refractivity contribution in [3.05, 3.63) is 174 Å². The molecule has 13 rings (SSSR count). The molecule has 2 fully saturated rings. The fraction of sp³-hybridized carbons (Fsp3) is 0.425. The highest BCUT2D eigenvalue weighted by atomic mass is 32.1. The van der Waals surface area contributed by atoms with Crippen LogP contribution >= 0.6 is 22.7 Å². The number of nitrogens with zero attached hydrogens (tertiary/aromatic N) is 5. The molecule has 6 aliphatic rings. The minimum atomic E-state index is -1.70. The molecular formula is C87H93N5O32S2. The van der Waals surface area contributed by atoms with Gasteiger partial charge in [0.1, 0.15) is 63.3 Å². The van der Waals surface area contributed by atoms with Gasteiger partial charge in [-0.05, 0) is 118 Å². The van der Waals surface area contributed by atoms with Gasteiger partial charge in [-0.3, -0.25) is 47.9 Å². The summed E-state index contributed by atoms with van der Waals surface area (Å²) in [5, 5.41) is 29.0. The molecule has 7 aromatic rings. The third-order valence-electron chi connectivity index (χ3n) is 21.0. The number of ether oxygens (including phenoxy) is 18. The van der Waals surface area contributed by atoms with Crippen LogP contribution in [0.4, 0.5) is 21.0 Å². The average Bonchev–Trinajstić information content (AvgIpc) is 1.59. The van der Waals surface area contributed by atoms with Crippen LogP contribution in [0.1, 0.15) is 125 Å². The molecule has 8 heterocycles. The normalized spacial score (nSPS) is 22.8. The van der Waals surface area contributed by atoms with Gasteiger partial charge < -0.3 is 110 Å². The molecule has 14 atom stereocenters. The van der Waals surface area contributed by atoms with E-state index in [1.807, 2.05) is 60.1 Å². The molecule has 2 aromatic heterocycles. The number of fused-ring (bicyclic) bond motifs is 6. The van der Waals surface area contributed by atoms with Gasteiger partial charge in [0.25, 0.3) is 11.8 Å². The Morgan fingerprint density at radius 3 is 1.13 bits per heavy atom. The summed E-state index contributed by atoms with van der Waals surface area (Å²) in [6, 6.07) is 25.2. The van der Waals surface area contributed by atoms with E-state index < -0.39 is 184 Å². The Hall–Kier alpha value is -12.7. The SMILES string of the molecule is COc1cc2c(cc1OCc1cc(COc3cc4c(cc3OC)C(=O)N3Cc5ccsc5C[C@H]3C(O)N4C(=O)OCc3ccc(O[C@@H]4O[C@H](COC(C)=O)[C@H](OC(C)=O)[C@H](OC(C)=O)[C@H]4OC(C)=O)cc3)cc(CN(C)C)c1)N(C(=O)OCc1ccc(O[C@@H]3O[C@H](COC(C)=O)[C@H](OC(C)=O)[C@H](OC(C)=O)[C@H]3OC(C)=O)cc1)C(O)[C@@H]1Cc3sccc3CN1C2=O. The lowest BCUT2D eigenvalue weighted by Crippen LogP contribution is -2.63. The predicted octanol–water partition coefficient (Wildman–Crippen LogP) is 8.05. The largest absolute Gasteiger partial charge is 0.493 e. The van der Waals surface area contributed by atoms with Crippen molar-refractivity contribution in [1.29, 1.82) is 0 Å². The number of methoxy groups -OCH3 is 2. The molecule has 37 nitrogen and oxygen atoms in total. The van der Waals surface area contributed by atoms with E-state index >= 15 is 9.59 Å². The summed E-state index contributed by atoms with van der Waals surface area (Å²) in [4.78, 5) is 168. The summed E-state index contributed by atoms with van der Waals surface area (Å²) in [7, 11) is 6.54. The van der Waals surface area contributed by atoms with Crippen LogP contribution in [0.15, 0.2) is 114 Å². The smallest absolute Gasteiger partial charge is 0.416 e. The molecule has 126 heavy (non-hydrogen) atoms. The van der Waals surface area contributed by atoms with E-state index in [1.165, 1.54) is 119 Å². The number of anilines is 2. The maximum atomic E-state index is 15.1. The maximum absolute atomic E-state index is 15.1. The Morgan fingerprint density at radius 1 is 0.421 bits per heavy atom. The molecule has 0 radical (unpaired) electrons. The van der Waals surface area contributed by atoms with E-state index in [9.17, 15) is 58.2 Å². The van der Waals surface area contributed by atoms with Gasteiger partial charge in [-0.15, -0.1) is 22.7 Å². The van der Waals surface area contributed by atoms with E-state index in [0.717, 1.165) is 91.6 Å². The number of esters is 8. The second-order valence-corrected chi connectivity index (χ2v) is 32.5. The first-order valence-corrected chi connectivity index (χ1v) is 41.5. The second kappa shape index (κ2) is 39.7. The van der Waals surface area contributed by atoms with Crippen LogP contribution in [-0.4, -0.2) is 224 Å². The van der Waals surface area contributed by atoms with Crippen LogP contribution < -0.4 is 38.2 Å². The number of benzene rings is 5. The van der Waals surface area contributed by atoms with Gasteiger partial charge in [-0.2, -0.15) is 0 Å². The standard InChI is InChI=1S/C87H93N5O32S2/c1-43(93)109-41-70-74(115-45(3)95)76(117-47(5)97)78(119-49(7)99)84(123-70)121-58-17-13-51(14-18-58)37-113-86(105)91-62-30-68(66(107-11)28-60(62)80(101)89-35-56-21-23-125-72(56)32-64(89)82(91)103)111-39-54-25-53(34-88(9)10)26-55(27-54)40-112-69-31-63-61(29-67(69)108-12)81(102)90-36-57-22-24-126-73(57)33-65(90)83(104)92(63)87(106)114-38-52-15-19-59(20-16-52)122-85-79(120-50(8)100)77(118-48(6)98)75(116-46(4)96)71(124-85)42-110-44(2)94/h13-31,64-65,70-71,74-79,82-85,103-104H,32-42H2,1-12H3/t64-,65-,70+,71+,74-,75-,76-,77-,78+,79+,82?,83?,84+,85+/m0/s1. The van der Waals surface area contributed by atoms with Gasteiger partial charge in [0.15, 0.2) is 59.9 Å². The Balaban J connectivity index is 0.745. The minimum absolute atomic E-state index is 0.0260. The molecule has 2 N–H and O–H groups in total. The molecule has 5 aromatic carbocycles. The van der Waals surface area contributed by atoms with Gasteiger partial charge in [-0.25, -0.2) is 19.4 Å². The van der Waals surface area contributed by atoms with Crippen molar-refractivity contribution >= 4 is 106 Å². The molecule has 4 amide bonds. The summed E-state index contributed by atoms with van der Waals surface area (Å²) >= 11 is 2.89. The number of aliphatic hydroxyl groups is 2. The second-order valence-electron chi connectivity index (χ2n) is 30.5. The van der Waals surface area contributed by atoms with Gasteiger partial charge in [0.05, 0.1) is 48.8 Å². The first-order chi connectivity index (χ1) is 60.2. The topological polar surface area (TPSA) is 428 Å². The summed E-state index contributed by atoms with van der Waals surface area (Å²) in [5.41, 5.74) is 4.32. The van der Waals surface area contributed by atoms with Crippen molar-refractivity contribution < 1.29 is 153 Å². The highest BCUT2D eigenvalue weighted by Crippen LogP contribution is 2.46. The van der Waals surface area contributed by atoms with E-state index in [-0.39, 0.29) is 96.1 Å². The Morgan fingerprint density at radius 2 is 0.778 bits per heavy atom. The Bertz CT molecular complexity index is 4960. The number of hydrogen-bond donors (Lipinski definition) is 2. The molecule has 0 aliphatic carbocycles. The number of hydrogen-bond acceptors (Lipinski definition) is 35. The quantitative estimate of drug-likeness (QED) is 0.0346. The third kappa shape index (κ3) is 21.1. The number of aliphatic hydroxyl groups excluding tert-OH is 2. The molecule has 670 valence electrons. The van der Waals surface area contributed by atoms with E-state index in [2.05, 4.69) is 0 Å². The predicted molar refractivity (Wildman–Crippen MR) is 437 cm³/mol. The lowest BCUT2D eigenvalue weighted by molar-refractivity contribution is -0.288. The van der Waals surface area contributed by atoms with Crippen LogP contribution in [0, 0.1) is 0 Å². The number of carbonyl (C=O) groups excluding carboxylic acids is 12. The lowest BCUT2D eigenvalue weighted by atomic mass is 9.98. The van der Waals surface area contributed by atoms with E-state index in [1.54, 1.807) is 0 Å².